The Morgan fingerprint density at radius 3 is 2.44 bits per heavy atom. The normalized spacial score (nSPS) is 13.1. The highest BCUT2D eigenvalue weighted by molar-refractivity contribution is 7.92. The van der Waals surface area contributed by atoms with Crippen molar-refractivity contribution in [3.8, 4) is 5.82 Å². The molecule has 0 aliphatic carbocycles. The van der Waals surface area contributed by atoms with E-state index in [1.807, 2.05) is 0 Å². The van der Waals surface area contributed by atoms with Gasteiger partial charge < -0.3 is 5.32 Å². The number of aromatic nitrogens is 4. The summed E-state index contributed by atoms with van der Waals surface area (Å²) in [5.74, 6) is -2.01. The van der Waals surface area contributed by atoms with E-state index in [-0.39, 0.29) is 16.7 Å². The molecule has 1 aromatic carbocycles. The Morgan fingerprint density at radius 2 is 1.81 bits per heavy atom. The summed E-state index contributed by atoms with van der Waals surface area (Å²) < 4.78 is 77.1. The SMILES string of the molecule is C[C@@H](NC(=O)c1cc(Cl)cc(S(=O)(=O)C(F)(F)F)c1)c1ncnn1-c1ncc(Cl)cc1F. The first-order chi connectivity index (χ1) is 14.8. The molecule has 0 radical (unpaired) electrons. The summed E-state index contributed by atoms with van der Waals surface area (Å²) in [7, 11) is -5.73. The minimum absolute atomic E-state index is 0.0252. The van der Waals surface area contributed by atoms with Gasteiger partial charge in [-0.05, 0) is 31.2 Å². The zero-order chi connectivity index (χ0) is 23.8. The zero-order valence-electron chi connectivity index (χ0n) is 15.7. The van der Waals surface area contributed by atoms with Crippen molar-refractivity contribution in [2.45, 2.75) is 23.4 Å². The van der Waals surface area contributed by atoms with E-state index in [9.17, 15) is 30.8 Å². The summed E-state index contributed by atoms with van der Waals surface area (Å²) in [4.78, 5) is 19.2. The fourth-order valence-corrected chi connectivity index (χ4v) is 3.88. The van der Waals surface area contributed by atoms with Crippen LogP contribution >= 0.6 is 23.2 Å². The van der Waals surface area contributed by atoms with Crippen LogP contribution in [0, 0.1) is 5.82 Å². The molecule has 0 bridgehead atoms. The Bertz CT molecular complexity index is 1300. The third-order valence-electron chi connectivity index (χ3n) is 4.05. The first kappa shape index (κ1) is 23.9. The summed E-state index contributed by atoms with van der Waals surface area (Å²) in [6.07, 6.45) is 2.24. The van der Waals surface area contributed by atoms with Crippen molar-refractivity contribution in [1.82, 2.24) is 25.1 Å². The number of carbonyl (C=O) groups is 1. The Balaban J connectivity index is 1.91. The van der Waals surface area contributed by atoms with Crippen molar-refractivity contribution < 1.29 is 30.8 Å². The molecule has 1 amide bonds. The second-order valence-corrected chi connectivity index (χ2v) is 9.12. The quantitative estimate of drug-likeness (QED) is 0.520. The predicted octanol–water partition coefficient (Wildman–Crippen LogP) is 3.89. The first-order valence-electron chi connectivity index (χ1n) is 8.45. The maximum atomic E-state index is 14.2. The number of alkyl halides is 3. The van der Waals surface area contributed by atoms with Crippen LogP contribution in [-0.4, -0.2) is 39.6 Å². The number of halogens is 6. The summed E-state index contributed by atoms with van der Waals surface area (Å²) in [6.45, 7) is 1.43. The number of hydrogen-bond acceptors (Lipinski definition) is 6. The Kier molecular flexibility index (Phi) is 6.45. The third-order valence-corrected chi connectivity index (χ3v) is 5.94. The van der Waals surface area contributed by atoms with Crippen molar-refractivity contribution in [3.63, 3.8) is 0 Å². The number of nitrogens with one attached hydrogen (secondary N) is 1. The zero-order valence-corrected chi connectivity index (χ0v) is 18.1. The molecule has 32 heavy (non-hydrogen) atoms. The van der Waals surface area contributed by atoms with Gasteiger partial charge in [0.25, 0.3) is 15.7 Å². The average Bonchev–Trinajstić information content (AvgIpc) is 3.16. The van der Waals surface area contributed by atoms with Crippen LogP contribution in [0.15, 0.2) is 41.7 Å². The molecule has 0 aliphatic rings. The summed E-state index contributed by atoms with van der Waals surface area (Å²) in [5, 5.41) is 5.90. The molecule has 0 unspecified atom stereocenters. The second-order valence-electron chi connectivity index (χ2n) is 6.31. The smallest absolute Gasteiger partial charge is 0.342 e. The Labute approximate surface area is 188 Å². The lowest BCUT2D eigenvalue weighted by Crippen LogP contribution is -2.29. The highest BCUT2D eigenvalue weighted by Crippen LogP contribution is 2.32. The predicted molar refractivity (Wildman–Crippen MR) is 105 cm³/mol. The van der Waals surface area contributed by atoms with E-state index in [1.54, 1.807) is 0 Å². The molecule has 2 aromatic heterocycles. The molecular formula is C17H11Cl2F4N5O3S. The van der Waals surface area contributed by atoms with E-state index in [2.05, 4.69) is 20.4 Å². The minimum atomic E-state index is -5.73. The molecule has 0 fully saturated rings. The van der Waals surface area contributed by atoms with Crippen molar-refractivity contribution >= 4 is 38.9 Å². The van der Waals surface area contributed by atoms with Crippen LogP contribution in [0.4, 0.5) is 17.6 Å². The maximum absolute atomic E-state index is 14.2. The fourth-order valence-electron chi connectivity index (χ4n) is 2.60. The molecule has 3 rings (SSSR count). The lowest BCUT2D eigenvalue weighted by Gasteiger charge is -2.15. The number of nitrogens with zero attached hydrogens (tertiary/aromatic N) is 4. The van der Waals surface area contributed by atoms with Gasteiger partial charge in [-0.1, -0.05) is 23.2 Å². The molecule has 170 valence electrons. The van der Waals surface area contributed by atoms with Gasteiger partial charge >= 0.3 is 5.51 Å². The largest absolute Gasteiger partial charge is 0.501 e. The van der Waals surface area contributed by atoms with Gasteiger partial charge in [0.15, 0.2) is 17.5 Å². The number of pyridine rings is 1. The van der Waals surface area contributed by atoms with E-state index in [1.165, 1.54) is 13.1 Å². The van der Waals surface area contributed by atoms with E-state index >= 15 is 0 Å². The van der Waals surface area contributed by atoms with E-state index in [4.69, 9.17) is 23.2 Å². The molecular weight excluding hydrogens is 501 g/mol. The monoisotopic (exact) mass is 511 g/mol. The number of hydrogen-bond donors (Lipinski definition) is 1. The maximum Gasteiger partial charge on any atom is 0.501 e. The Hall–Kier alpha value is -2.77. The first-order valence-corrected chi connectivity index (χ1v) is 10.7. The lowest BCUT2D eigenvalue weighted by atomic mass is 10.2. The van der Waals surface area contributed by atoms with Gasteiger partial charge in [-0.15, -0.1) is 0 Å². The van der Waals surface area contributed by atoms with Gasteiger partial charge in [0.2, 0.25) is 0 Å². The molecule has 1 N–H and O–H groups in total. The van der Waals surface area contributed by atoms with Crippen LogP contribution in [0.2, 0.25) is 10.0 Å². The molecule has 0 aliphatic heterocycles. The van der Waals surface area contributed by atoms with E-state index in [0.29, 0.717) is 12.1 Å². The number of rotatable bonds is 5. The molecule has 0 saturated carbocycles. The van der Waals surface area contributed by atoms with Crippen molar-refractivity contribution in [2.75, 3.05) is 0 Å². The molecule has 0 spiro atoms. The highest BCUT2D eigenvalue weighted by atomic mass is 35.5. The van der Waals surface area contributed by atoms with E-state index < -0.39 is 48.6 Å². The van der Waals surface area contributed by atoms with Crippen LogP contribution in [0.25, 0.3) is 5.82 Å². The van der Waals surface area contributed by atoms with Crippen LogP contribution in [-0.2, 0) is 9.84 Å². The molecule has 15 heteroatoms. The molecule has 8 nitrogen and oxygen atoms in total. The number of sulfone groups is 1. The summed E-state index contributed by atoms with van der Waals surface area (Å²) in [6, 6.07) is 2.15. The van der Waals surface area contributed by atoms with Crippen molar-refractivity contribution in [3.05, 3.63) is 64.0 Å². The van der Waals surface area contributed by atoms with Gasteiger partial charge in [-0.2, -0.15) is 23.0 Å². The standard InChI is InChI=1S/C17H11Cl2F4N5O3S/c1-8(14-25-7-26-28(14)15-13(20)5-11(19)6-24-15)27-16(29)9-2-10(18)4-12(3-9)32(30,31)17(21,22)23/h2-8H,1H3,(H,27,29)/t8-/m1/s1. The summed E-state index contributed by atoms with van der Waals surface area (Å²) in [5.41, 5.74) is -6.03. The highest BCUT2D eigenvalue weighted by Gasteiger charge is 2.47. The Morgan fingerprint density at radius 1 is 1.12 bits per heavy atom. The van der Waals surface area contributed by atoms with Gasteiger partial charge in [-0.3, -0.25) is 4.79 Å². The van der Waals surface area contributed by atoms with Gasteiger partial charge in [0, 0.05) is 16.8 Å². The fraction of sp³-hybridized carbons (Fsp3) is 0.176. The molecule has 2 heterocycles. The molecule has 3 aromatic rings. The topological polar surface area (TPSA) is 107 Å². The molecule has 0 saturated heterocycles. The minimum Gasteiger partial charge on any atom is -0.342 e. The lowest BCUT2D eigenvalue weighted by molar-refractivity contribution is -0.0436. The van der Waals surface area contributed by atoms with Crippen LogP contribution in [0.3, 0.4) is 0 Å². The van der Waals surface area contributed by atoms with Gasteiger partial charge in [0.1, 0.15) is 6.33 Å². The van der Waals surface area contributed by atoms with E-state index in [0.717, 1.165) is 23.1 Å². The van der Waals surface area contributed by atoms with Crippen LogP contribution < -0.4 is 5.32 Å². The van der Waals surface area contributed by atoms with Crippen LogP contribution in [0.5, 0.6) is 0 Å². The molecule has 1 atom stereocenters. The average molecular weight is 512 g/mol. The van der Waals surface area contributed by atoms with Crippen LogP contribution in [0.1, 0.15) is 29.1 Å². The van der Waals surface area contributed by atoms with Gasteiger partial charge in [-0.25, -0.2) is 22.8 Å². The number of amides is 1. The summed E-state index contributed by atoms with van der Waals surface area (Å²) >= 11 is 11.4. The number of carbonyl (C=O) groups excluding carboxylic acids is 1. The van der Waals surface area contributed by atoms with Crippen molar-refractivity contribution in [1.29, 1.82) is 0 Å². The second kappa shape index (κ2) is 8.64. The number of benzene rings is 1. The third kappa shape index (κ3) is 4.69. The van der Waals surface area contributed by atoms with Gasteiger partial charge in [0.05, 0.1) is 16.0 Å². The van der Waals surface area contributed by atoms with Crippen molar-refractivity contribution in [2.24, 2.45) is 0 Å².